The van der Waals surface area contributed by atoms with Crippen LogP contribution in [0.2, 0.25) is 0 Å². The molecule has 0 amide bonds. The summed E-state index contributed by atoms with van der Waals surface area (Å²) in [6.45, 7) is 4.57. The summed E-state index contributed by atoms with van der Waals surface area (Å²) in [5, 5.41) is 3.72. The molecular formula is C13H13N3OS3. The fourth-order valence-electron chi connectivity index (χ4n) is 2.15. The molecule has 104 valence electrons. The van der Waals surface area contributed by atoms with Crippen molar-refractivity contribution >= 4 is 45.1 Å². The van der Waals surface area contributed by atoms with E-state index in [4.69, 9.17) is 12.2 Å². The topological polar surface area (TPSA) is 50.7 Å². The predicted molar refractivity (Wildman–Crippen MR) is 86.6 cm³/mol. The van der Waals surface area contributed by atoms with Crippen LogP contribution < -0.4 is 5.56 Å². The lowest BCUT2D eigenvalue weighted by atomic mass is 10.2. The Kier molecular flexibility index (Phi) is 3.57. The minimum Gasteiger partial charge on any atom is -0.323 e. The maximum atomic E-state index is 12.6. The van der Waals surface area contributed by atoms with Crippen LogP contribution in [0.3, 0.4) is 0 Å². The number of hydrogen-bond acceptors (Lipinski definition) is 5. The number of H-pyrrole nitrogens is 1. The summed E-state index contributed by atoms with van der Waals surface area (Å²) < 4.78 is 2.12. The molecule has 0 bridgehead atoms. The predicted octanol–water partition coefficient (Wildman–Crippen LogP) is 3.44. The zero-order valence-corrected chi connectivity index (χ0v) is 13.5. The molecule has 0 spiro atoms. The lowest BCUT2D eigenvalue weighted by molar-refractivity contribution is 0.651. The maximum absolute atomic E-state index is 12.6. The van der Waals surface area contributed by atoms with E-state index in [-0.39, 0.29) is 5.56 Å². The van der Waals surface area contributed by atoms with Gasteiger partial charge in [0.25, 0.3) is 5.56 Å². The summed E-state index contributed by atoms with van der Waals surface area (Å²) in [4.78, 5) is 22.0. The van der Waals surface area contributed by atoms with Crippen molar-refractivity contribution in [3.05, 3.63) is 42.1 Å². The molecule has 1 N–H and O–H groups in total. The molecule has 0 saturated carbocycles. The van der Waals surface area contributed by atoms with Gasteiger partial charge in [-0.1, -0.05) is 0 Å². The van der Waals surface area contributed by atoms with Crippen LogP contribution in [0, 0.1) is 18.6 Å². The van der Waals surface area contributed by atoms with Crippen molar-refractivity contribution in [3.63, 3.8) is 0 Å². The van der Waals surface area contributed by atoms with Gasteiger partial charge >= 0.3 is 0 Å². The molecule has 0 aliphatic rings. The second-order valence-corrected chi connectivity index (χ2v) is 7.14. The monoisotopic (exact) mass is 323 g/mol. The van der Waals surface area contributed by atoms with Crippen LogP contribution in [0.15, 0.2) is 16.4 Å². The van der Waals surface area contributed by atoms with E-state index in [0.717, 1.165) is 32.1 Å². The highest BCUT2D eigenvalue weighted by molar-refractivity contribution is 7.71. The molecule has 4 nitrogen and oxygen atoms in total. The van der Waals surface area contributed by atoms with Gasteiger partial charge in [-0.25, -0.2) is 4.98 Å². The summed E-state index contributed by atoms with van der Waals surface area (Å²) >= 11 is 8.49. The fourth-order valence-corrected chi connectivity index (χ4v) is 4.15. The summed E-state index contributed by atoms with van der Waals surface area (Å²) in [6, 6.07) is 0. The smallest absolute Gasteiger partial charge is 0.263 e. The number of nitrogens with one attached hydrogen (secondary N) is 1. The Labute approximate surface area is 128 Å². The molecule has 0 saturated heterocycles. The minimum atomic E-state index is 0.00200. The third kappa shape index (κ3) is 2.25. The molecule has 3 aromatic rings. The largest absolute Gasteiger partial charge is 0.323 e. The zero-order valence-electron chi connectivity index (χ0n) is 11.1. The molecule has 3 rings (SSSR count). The number of aromatic nitrogens is 3. The molecule has 0 fully saturated rings. The molecule has 0 aromatic carbocycles. The van der Waals surface area contributed by atoms with Gasteiger partial charge in [0.15, 0.2) is 4.77 Å². The van der Waals surface area contributed by atoms with Gasteiger partial charge in [0.2, 0.25) is 0 Å². The first-order valence-electron chi connectivity index (χ1n) is 6.19. The number of aromatic amines is 1. The summed E-state index contributed by atoms with van der Waals surface area (Å²) in [6.07, 6.45) is 2.50. The van der Waals surface area contributed by atoms with Crippen molar-refractivity contribution in [2.75, 3.05) is 0 Å². The van der Waals surface area contributed by atoms with Gasteiger partial charge in [-0.05, 0) is 31.6 Å². The summed E-state index contributed by atoms with van der Waals surface area (Å²) in [7, 11) is 0. The van der Waals surface area contributed by atoms with Crippen LogP contribution in [0.25, 0.3) is 10.2 Å². The van der Waals surface area contributed by atoms with Crippen LogP contribution in [-0.4, -0.2) is 14.5 Å². The van der Waals surface area contributed by atoms with Gasteiger partial charge in [-0.15, -0.1) is 22.7 Å². The number of fused-ring (bicyclic) bond motifs is 1. The Morgan fingerprint density at radius 1 is 1.45 bits per heavy atom. The molecule has 0 aliphatic heterocycles. The SMILES string of the molecule is Cc1sc2[nH]c(=S)n(CCc3nccs3)c(=O)c2c1C. The van der Waals surface area contributed by atoms with E-state index in [2.05, 4.69) is 9.97 Å². The van der Waals surface area contributed by atoms with Gasteiger partial charge in [0, 0.05) is 29.4 Å². The lowest BCUT2D eigenvalue weighted by Gasteiger charge is -2.05. The first-order chi connectivity index (χ1) is 9.58. The Morgan fingerprint density at radius 2 is 2.25 bits per heavy atom. The van der Waals surface area contributed by atoms with Gasteiger partial charge in [-0.2, -0.15) is 0 Å². The Hall–Kier alpha value is -1.31. The van der Waals surface area contributed by atoms with E-state index in [1.165, 1.54) is 0 Å². The van der Waals surface area contributed by atoms with E-state index in [1.807, 2.05) is 19.2 Å². The van der Waals surface area contributed by atoms with E-state index < -0.39 is 0 Å². The zero-order chi connectivity index (χ0) is 14.3. The van der Waals surface area contributed by atoms with Gasteiger partial charge < -0.3 is 4.98 Å². The molecule has 0 unspecified atom stereocenters. The van der Waals surface area contributed by atoms with Crippen LogP contribution >= 0.6 is 34.9 Å². The third-order valence-electron chi connectivity index (χ3n) is 3.34. The van der Waals surface area contributed by atoms with Crippen molar-refractivity contribution in [1.29, 1.82) is 0 Å². The average Bonchev–Trinajstić information content (AvgIpc) is 2.99. The first-order valence-corrected chi connectivity index (χ1v) is 8.29. The number of hydrogen-bond donors (Lipinski definition) is 1. The number of thiophene rings is 1. The van der Waals surface area contributed by atoms with Gasteiger partial charge in [-0.3, -0.25) is 9.36 Å². The normalized spacial score (nSPS) is 11.3. The first kappa shape index (κ1) is 13.7. The highest BCUT2D eigenvalue weighted by atomic mass is 32.1. The molecule has 3 aromatic heterocycles. The summed E-state index contributed by atoms with van der Waals surface area (Å²) in [5.74, 6) is 0. The van der Waals surface area contributed by atoms with Crippen molar-refractivity contribution < 1.29 is 0 Å². The molecular weight excluding hydrogens is 310 g/mol. The molecule has 20 heavy (non-hydrogen) atoms. The molecule has 7 heteroatoms. The van der Waals surface area contributed by atoms with Crippen molar-refractivity contribution in [2.45, 2.75) is 26.8 Å². The minimum absolute atomic E-state index is 0.00200. The fraction of sp³-hybridized carbons (Fsp3) is 0.308. The van der Waals surface area contributed by atoms with Gasteiger partial charge in [0.1, 0.15) is 4.83 Å². The molecule has 0 radical (unpaired) electrons. The highest BCUT2D eigenvalue weighted by Gasteiger charge is 2.12. The Morgan fingerprint density at radius 3 is 2.95 bits per heavy atom. The molecule has 0 aliphatic carbocycles. The van der Waals surface area contributed by atoms with Crippen molar-refractivity contribution in [1.82, 2.24) is 14.5 Å². The Bertz CT molecular complexity index is 871. The van der Waals surface area contributed by atoms with E-state index >= 15 is 0 Å². The average molecular weight is 323 g/mol. The van der Waals surface area contributed by atoms with Crippen molar-refractivity contribution in [3.8, 4) is 0 Å². The number of nitrogens with zero attached hydrogens (tertiary/aromatic N) is 2. The second-order valence-electron chi connectivity index (χ2n) is 4.55. The Balaban J connectivity index is 2.09. The molecule has 3 heterocycles. The van der Waals surface area contributed by atoms with Gasteiger partial charge in [0.05, 0.1) is 10.4 Å². The highest BCUT2D eigenvalue weighted by Crippen LogP contribution is 2.25. The maximum Gasteiger partial charge on any atom is 0.263 e. The van der Waals surface area contributed by atoms with E-state index in [9.17, 15) is 4.79 Å². The van der Waals surface area contributed by atoms with Crippen LogP contribution in [0.4, 0.5) is 0 Å². The second kappa shape index (κ2) is 5.23. The lowest BCUT2D eigenvalue weighted by Crippen LogP contribution is -2.23. The number of thiazole rings is 1. The van der Waals surface area contributed by atoms with E-state index in [0.29, 0.717) is 11.3 Å². The van der Waals surface area contributed by atoms with Crippen LogP contribution in [0.5, 0.6) is 0 Å². The van der Waals surface area contributed by atoms with Crippen LogP contribution in [0.1, 0.15) is 15.4 Å². The third-order valence-corrected chi connectivity index (χ3v) is 5.63. The quantitative estimate of drug-likeness (QED) is 0.751. The van der Waals surface area contributed by atoms with Crippen LogP contribution in [-0.2, 0) is 13.0 Å². The standard InChI is InChI=1S/C13H13N3OS3/c1-7-8(2)20-11-10(7)12(17)16(13(18)15-11)5-3-9-14-4-6-19-9/h4,6H,3,5H2,1-2H3,(H,15,18). The number of rotatable bonds is 3. The number of aryl methyl sites for hydroxylation is 3. The summed E-state index contributed by atoms with van der Waals surface area (Å²) in [5.41, 5.74) is 1.05. The van der Waals surface area contributed by atoms with Crippen molar-refractivity contribution in [2.24, 2.45) is 0 Å². The van der Waals surface area contributed by atoms with E-state index in [1.54, 1.807) is 33.4 Å². The molecule has 0 atom stereocenters.